The predicted octanol–water partition coefficient (Wildman–Crippen LogP) is 3.82. The first kappa shape index (κ1) is 15.4. The van der Waals surface area contributed by atoms with Crippen LogP contribution < -0.4 is 15.4 Å². The van der Waals surface area contributed by atoms with Crippen LogP contribution in [0.3, 0.4) is 0 Å². The average Bonchev–Trinajstić information content (AvgIpc) is 2.48. The third-order valence-electron chi connectivity index (χ3n) is 2.95. The second-order valence-corrected chi connectivity index (χ2v) is 5.44. The van der Waals surface area contributed by atoms with Gasteiger partial charge in [0.05, 0.1) is 25.0 Å². The monoisotopic (exact) mass is 348 g/mol. The van der Waals surface area contributed by atoms with E-state index >= 15 is 0 Å². The summed E-state index contributed by atoms with van der Waals surface area (Å²) in [6, 6.07) is 13.3. The van der Waals surface area contributed by atoms with E-state index < -0.39 is 0 Å². The number of methoxy groups -OCH3 is 1. The summed E-state index contributed by atoms with van der Waals surface area (Å²) in [6.45, 7) is 2.17. The summed E-state index contributed by atoms with van der Waals surface area (Å²) in [4.78, 5) is 12.0. The molecule has 0 spiro atoms. The Morgan fingerprint density at radius 3 is 2.67 bits per heavy atom. The quantitative estimate of drug-likeness (QED) is 0.863. The Bertz CT molecular complexity index is 644. The van der Waals surface area contributed by atoms with Crippen LogP contribution in [0.2, 0.25) is 0 Å². The van der Waals surface area contributed by atoms with Gasteiger partial charge >= 0.3 is 0 Å². The first-order valence-corrected chi connectivity index (χ1v) is 7.32. The number of benzene rings is 2. The van der Waals surface area contributed by atoms with Crippen molar-refractivity contribution in [3.63, 3.8) is 0 Å². The number of para-hydroxylation sites is 2. The van der Waals surface area contributed by atoms with Crippen molar-refractivity contribution in [3.05, 3.63) is 52.5 Å². The third kappa shape index (κ3) is 4.23. The lowest BCUT2D eigenvalue weighted by atomic mass is 10.2. The van der Waals surface area contributed by atoms with Crippen molar-refractivity contribution in [2.24, 2.45) is 0 Å². The molecule has 1 amide bonds. The zero-order valence-corrected chi connectivity index (χ0v) is 13.5. The number of rotatable bonds is 5. The molecule has 0 radical (unpaired) electrons. The number of aryl methyl sites for hydroxylation is 1. The number of anilines is 2. The standard InChI is InChI=1S/C16H17BrN2O2/c1-11-7-8-13(12(17)9-11)19-16(20)10-18-14-5-3-4-6-15(14)21-2/h3-9,18H,10H2,1-2H3,(H,19,20). The van der Waals surface area contributed by atoms with E-state index in [-0.39, 0.29) is 12.5 Å². The van der Waals surface area contributed by atoms with E-state index in [4.69, 9.17) is 4.74 Å². The first-order valence-electron chi connectivity index (χ1n) is 6.53. The van der Waals surface area contributed by atoms with E-state index in [9.17, 15) is 4.79 Å². The number of carbonyl (C=O) groups excluding carboxylic acids is 1. The third-order valence-corrected chi connectivity index (χ3v) is 3.60. The molecule has 0 heterocycles. The Morgan fingerprint density at radius 2 is 1.95 bits per heavy atom. The van der Waals surface area contributed by atoms with Gasteiger partial charge in [-0.15, -0.1) is 0 Å². The Hall–Kier alpha value is -2.01. The average molecular weight is 349 g/mol. The van der Waals surface area contributed by atoms with E-state index in [0.717, 1.165) is 21.4 Å². The molecule has 2 rings (SSSR count). The van der Waals surface area contributed by atoms with Gasteiger partial charge in [0.2, 0.25) is 5.91 Å². The highest BCUT2D eigenvalue weighted by molar-refractivity contribution is 9.10. The predicted molar refractivity (Wildman–Crippen MR) is 89.0 cm³/mol. The molecule has 2 N–H and O–H groups in total. The van der Waals surface area contributed by atoms with Gasteiger partial charge in [0.15, 0.2) is 0 Å². The van der Waals surface area contributed by atoms with Crippen LogP contribution in [0.1, 0.15) is 5.56 Å². The lowest BCUT2D eigenvalue weighted by molar-refractivity contribution is -0.114. The van der Waals surface area contributed by atoms with Crippen molar-refractivity contribution >= 4 is 33.2 Å². The molecule has 2 aromatic rings. The van der Waals surface area contributed by atoms with Crippen LogP contribution in [0.15, 0.2) is 46.9 Å². The van der Waals surface area contributed by atoms with Gasteiger partial charge in [-0.1, -0.05) is 18.2 Å². The smallest absolute Gasteiger partial charge is 0.243 e. The van der Waals surface area contributed by atoms with Crippen molar-refractivity contribution in [2.45, 2.75) is 6.92 Å². The summed E-state index contributed by atoms with van der Waals surface area (Å²) in [7, 11) is 1.60. The van der Waals surface area contributed by atoms with E-state index in [2.05, 4.69) is 26.6 Å². The molecule has 110 valence electrons. The molecule has 0 saturated heterocycles. The molecule has 0 bridgehead atoms. The maximum atomic E-state index is 12.0. The molecule has 21 heavy (non-hydrogen) atoms. The minimum Gasteiger partial charge on any atom is -0.495 e. The van der Waals surface area contributed by atoms with Crippen molar-refractivity contribution in [2.75, 3.05) is 24.3 Å². The zero-order valence-electron chi connectivity index (χ0n) is 11.9. The van der Waals surface area contributed by atoms with E-state index in [1.54, 1.807) is 7.11 Å². The van der Waals surface area contributed by atoms with Crippen LogP contribution in [0, 0.1) is 6.92 Å². The highest BCUT2D eigenvalue weighted by atomic mass is 79.9. The van der Waals surface area contributed by atoms with Gasteiger partial charge in [0.1, 0.15) is 5.75 Å². The van der Waals surface area contributed by atoms with Crippen LogP contribution in [-0.4, -0.2) is 19.6 Å². The van der Waals surface area contributed by atoms with E-state index in [0.29, 0.717) is 5.75 Å². The van der Waals surface area contributed by atoms with Crippen LogP contribution in [-0.2, 0) is 4.79 Å². The number of hydrogen-bond donors (Lipinski definition) is 2. The van der Waals surface area contributed by atoms with Gasteiger partial charge in [-0.25, -0.2) is 0 Å². The van der Waals surface area contributed by atoms with Crippen LogP contribution in [0.25, 0.3) is 0 Å². The Kier molecular flexibility index (Phi) is 5.22. The molecule has 2 aromatic carbocycles. The maximum absolute atomic E-state index is 12.0. The van der Waals surface area contributed by atoms with Gasteiger partial charge in [-0.3, -0.25) is 4.79 Å². The van der Waals surface area contributed by atoms with Gasteiger partial charge in [0.25, 0.3) is 0 Å². The van der Waals surface area contributed by atoms with E-state index in [1.807, 2.05) is 49.4 Å². The molecule has 0 unspecified atom stereocenters. The largest absolute Gasteiger partial charge is 0.495 e. The fourth-order valence-electron chi connectivity index (χ4n) is 1.88. The highest BCUT2D eigenvalue weighted by Crippen LogP contribution is 2.24. The minimum absolute atomic E-state index is 0.120. The first-order chi connectivity index (χ1) is 10.1. The minimum atomic E-state index is -0.120. The molecule has 0 aromatic heterocycles. The summed E-state index contributed by atoms with van der Waals surface area (Å²) in [5.74, 6) is 0.590. The molecule has 0 saturated carbocycles. The fraction of sp³-hybridized carbons (Fsp3) is 0.188. The second kappa shape index (κ2) is 7.13. The molecule has 0 aliphatic carbocycles. The normalized spacial score (nSPS) is 10.0. The molecular weight excluding hydrogens is 332 g/mol. The highest BCUT2D eigenvalue weighted by Gasteiger charge is 2.07. The topological polar surface area (TPSA) is 50.4 Å². The zero-order chi connectivity index (χ0) is 15.2. The summed E-state index contributed by atoms with van der Waals surface area (Å²) in [6.07, 6.45) is 0. The summed E-state index contributed by atoms with van der Waals surface area (Å²) in [5.41, 5.74) is 2.68. The van der Waals surface area contributed by atoms with Crippen LogP contribution in [0.4, 0.5) is 11.4 Å². The second-order valence-electron chi connectivity index (χ2n) is 4.59. The van der Waals surface area contributed by atoms with Gasteiger partial charge in [0, 0.05) is 4.47 Å². The molecule has 0 fully saturated rings. The SMILES string of the molecule is COc1ccccc1NCC(=O)Nc1ccc(C)cc1Br. The summed E-state index contributed by atoms with van der Waals surface area (Å²) < 4.78 is 6.10. The van der Waals surface area contributed by atoms with Crippen LogP contribution >= 0.6 is 15.9 Å². The number of hydrogen-bond acceptors (Lipinski definition) is 3. The summed E-state index contributed by atoms with van der Waals surface area (Å²) in [5, 5.41) is 5.92. The van der Waals surface area contributed by atoms with Gasteiger partial charge < -0.3 is 15.4 Å². The summed E-state index contributed by atoms with van der Waals surface area (Å²) >= 11 is 3.44. The van der Waals surface area contributed by atoms with Crippen molar-refractivity contribution in [3.8, 4) is 5.75 Å². The lowest BCUT2D eigenvalue weighted by Gasteiger charge is -2.12. The molecule has 5 heteroatoms. The number of nitrogens with one attached hydrogen (secondary N) is 2. The van der Waals surface area contributed by atoms with E-state index in [1.165, 1.54) is 0 Å². The van der Waals surface area contributed by atoms with Crippen molar-refractivity contribution in [1.82, 2.24) is 0 Å². The molecule has 0 aliphatic heterocycles. The fourth-order valence-corrected chi connectivity index (χ4v) is 2.47. The van der Waals surface area contributed by atoms with Gasteiger partial charge in [-0.05, 0) is 52.7 Å². The number of amides is 1. The number of ether oxygens (including phenoxy) is 1. The van der Waals surface area contributed by atoms with Gasteiger partial charge in [-0.2, -0.15) is 0 Å². The lowest BCUT2D eigenvalue weighted by Crippen LogP contribution is -2.22. The molecular formula is C16H17BrN2O2. The number of carbonyl (C=O) groups is 1. The molecule has 0 aliphatic rings. The van der Waals surface area contributed by atoms with Crippen LogP contribution in [0.5, 0.6) is 5.75 Å². The van der Waals surface area contributed by atoms with Crippen molar-refractivity contribution in [1.29, 1.82) is 0 Å². The molecule has 0 atom stereocenters. The Balaban J connectivity index is 1.96. The Morgan fingerprint density at radius 1 is 1.19 bits per heavy atom. The number of halogens is 1. The maximum Gasteiger partial charge on any atom is 0.243 e. The molecule has 4 nitrogen and oxygen atoms in total. The Labute approximate surface area is 132 Å². The van der Waals surface area contributed by atoms with Crippen molar-refractivity contribution < 1.29 is 9.53 Å².